The molecule has 0 spiro atoms. The first-order valence-electron chi connectivity index (χ1n) is 10.5. The minimum atomic E-state index is -4.58. The highest BCUT2D eigenvalue weighted by molar-refractivity contribution is 6.12. The Bertz CT molecular complexity index is 1070. The monoisotopic (exact) mass is 477 g/mol. The van der Waals surface area contributed by atoms with E-state index in [9.17, 15) is 22.8 Å². The molecule has 1 aliphatic rings. The lowest BCUT2D eigenvalue weighted by molar-refractivity contribution is -0.160. The van der Waals surface area contributed by atoms with Crippen molar-refractivity contribution in [2.24, 2.45) is 5.41 Å². The summed E-state index contributed by atoms with van der Waals surface area (Å²) in [4.78, 5) is 28.6. The number of carbonyl (C=O) groups is 2. The number of fused-ring (bicyclic) bond motifs is 1. The van der Waals surface area contributed by atoms with Gasteiger partial charge < -0.3 is 14.2 Å². The Balaban J connectivity index is 2.33. The molecule has 2 aromatic carbocycles. The van der Waals surface area contributed by atoms with Crippen molar-refractivity contribution in [2.75, 3.05) is 33.0 Å². The fourth-order valence-corrected chi connectivity index (χ4v) is 4.53. The molecule has 34 heavy (non-hydrogen) atoms. The fourth-order valence-electron chi connectivity index (χ4n) is 4.53. The summed E-state index contributed by atoms with van der Waals surface area (Å²) in [6.45, 7) is 3.46. The maximum atomic E-state index is 14.0. The molecule has 3 rings (SSSR count). The van der Waals surface area contributed by atoms with Crippen molar-refractivity contribution in [1.82, 2.24) is 0 Å². The topological polar surface area (TPSA) is 65.1 Å². The highest BCUT2D eigenvalue weighted by atomic mass is 19.4. The second-order valence-electron chi connectivity index (χ2n) is 7.98. The van der Waals surface area contributed by atoms with Gasteiger partial charge in [-0.25, -0.2) is 0 Å². The van der Waals surface area contributed by atoms with Gasteiger partial charge in [-0.15, -0.1) is 6.58 Å². The first kappa shape index (κ1) is 25.3. The van der Waals surface area contributed by atoms with Crippen LogP contribution in [0.3, 0.4) is 0 Å². The Morgan fingerprint density at radius 3 is 2.38 bits per heavy atom. The van der Waals surface area contributed by atoms with Crippen LogP contribution in [0.5, 0.6) is 5.75 Å². The van der Waals surface area contributed by atoms with Crippen LogP contribution in [0.1, 0.15) is 29.0 Å². The zero-order valence-electron chi connectivity index (χ0n) is 19.1. The molecule has 0 aromatic heterocycles. The van der Waals surface area contributed by atoms with Crippen molar-refractivity contribution in [1.29, 1.82) is 0 Å². The molecule has 2 unspecified atom stereocenters. The molecule has 0 saturated carbocycles. The summed E-state index contributed by atoms with van der Waals surface area (Å²) in [5.41, 5.74) is -1.55. The Hall–Kier alpha value is -3.33. The summed E-state index contributed by atoms with van der Waals surface area (Å²) in [7, 11) is 4.03. The third-order valence-corrected chi connectivity index (χ3v) is 6.14. The quantitative estimate of drug-likeness (QED) is 0.328. The van der Waals surface area contributed by atoms with E-state index >= 15 is 0 Å². The molecular weight excluding hydrogens is 451 g/mol. The number of allylic oxidation sites excluding steroid dienone is 1. The lowest BCUT2D eigenvalue weighted by atomic mass is 9.67. The van der Waals surface area contributed by atoms with Crippen LogP contribution in [0.25, 0.3) is 0 Å². The van der Waals surface area contributed by atoms with Gasteiger partial charge >= 0.3 is 12.1 Å². The van der Waals surface area contributed by atoms with Gasteiger partial charge in [0.1, 0.15) is 12.5 Å². The first-order valence-corrected chi connectivity index (χ1v) is 10.5. The van der Waals surface area contributed by atoms with Crippen LogP contribution in [0, 0.1) is 5.41 Å². The van der Waals surface area contributed by atoms with Gasteiger partial charge in [0.15, 0.2) is 5.41 Å². The van der Waals surface area contributed by atoms with Gasteiger partial charge in [0, 0.05) is 18.7 Å². The molecule has 0 bridgehead atoms. The lowest BCUT2D eigenvalue weighted by Crippen LogP contribution is -2.52. The van der Waals surface area contributed by atoms with E-state index in [4.69, 9.17) is 14.2 Å². The van der Waals surface area contributed by atoms with Crippen molar-refractivity contribution in [3.63, 3.8) is 0 Å². The summed E-state index contributed by atoms with van der Waals surface area (Å²) in [6.07, 6.45) is -3.25. The number of carbonyl (C=O) groups excluding carboxylic acids is 2. The molecule has 0 aliphatic carbocycles. The molecule has 6 nitrogen and oxygen atoms in total. The van der Waals surface area contributed by atoms with Crippen LogP contribution in [0.15, 0.2) is 55.1 Å². The van der Waals surface area contributed by atoms with Crippen LogP contribution in [0.2, 0.25) is 0 Å². The molecule has 9 heteroatoms. The number of hydrogen-bond acceptors (Lipinski definition) is 5. The van der Waals surface area contributed by atoms with E-state index in [1.54, 1.807) is 24.3 Å². The number of amides is 1. The van der Waals surface area contributed by atoms with Crippen LogP contribution in [-0.2, 0) is 31.7 Å². The predicted molar refractivity (Wildman–Crippen MR) is 120 cm³/mol. The summed E-state index contributed by atoms with van der Waals surface area (Å²) in [5.74, 6) is -1.74. The third-order valence-electron chi connectivity index (χ3n) is 6.14. The van der Waals surface area contributed by atoms with Crippen LogP contribution in [0.4, 0.5) is 18.9 Å². The molecular formula is C25H26F3NO5. The van der Waals surface area contributed by atoms with E-state index in [0.29, 0.717) is 11.3 Å². The zero-order valence-corrected chi connectivity index (χ0v) is 19.1. The van der Waals surface area contributed by atoms with E-state index in [1.165, 1.54) is 38.4 Å². The zero-order chi connectivity index (χ0) is 25.1. The van der Waals surface area contributed by atoms with Gasteiger partial charge in [0.05, 0.1) is 19.8 Å². The van der Waals surface area contributed by atoms with Crippen LogP contribution in [-0.4, -0.2) is 39.9 Å². The number of hydrogen-bond donors (Lipinski definition) is 0. The van der Waals surface area contributed by atoms with E-state index in [0.717, 1.165) is 12.1 Å². The van der Waals surface area contributed by atoms with Gasteiger partial charge in [-0.1, -0.05) is 18.2 Å². The highest BCUT2D eigenvalue weighted by Crippen LogP contribution is 2.49. The number of halogens is 3. The molecule has 0 saturated heterocycles. The largest absolute Gasteiger partial charge is 0.497 e. The second kappa shape index (κ2) is 9.89. The summed E-state index contributed by atoms with van der Waals surface area (Å²) < 4.78 is 56.1. The Kier molecular flexibility index (Phi) is 7.35. The van der Waals surface area contributed by atoms with E-state index < -0.39 is 34.9 Å². The average molecular weight is 477 g/mol. The van der Waals surface area contributed by atoms with Crippen LogP contribution >= 0.6 is 0 Å². The van der Waals surface area contributed by atoms with Gasteiger partial charge in [-0.3, -0.25) is 14.5 Å². The number of ether oxygens (including phenoxy) is 3. The van der Waals surface area contributed by atoms with E-state index in [1.807, 2.05) is 0 Å². The maximum Gasteiger partial charge on any atom is 0.416 e. The summed E-state index contributed by atoms with van der Waals surface area (Å²) in [6, 6.07) is 9.88. The van der Waals surface area contributed by atoms with Crippen LogP contribution < -0.4 is 9.64 Å². The molecule has 0 radical (unpaired) electrons. The molecule has 0 fully saturated rings. The number of benzene rings is 2. The number of methoxy groups -OCH3 is 3. The van der Waals surface area contributed by atoms with Crippen molar-refractivity contribution < 1.29 is 37.0 Å². The third kappa shape index (κ3) is 4.40. The SMILES string of the molecule is C=CCC1(C(=O)OC)C(=O)N(COC)c2ccc(C(F)(F)F)cc2CC1c1ccc(OC)cc1. The number of alkyl halides is 3. The molecule has 2 aromatic rings. The van der Waals surface area contributed by atoms with Crippen molar-refractivity contribution in [3.05, 3.63) is 71.8 Å². The minimum Gasteiger partial charge on any atom is -0.497 e. The highest BCUT2D eigenvalue weighted by Gasteiger charge is 2.56. The van der Waals surface area contributed by atoms with Crippen molar-refractivity contribution in [3.8, 4) is 5.75 Å². The Morgan fingerprint density at radius 1 is 1.18 bits per heavy atom. The molecule has 2 atom stereocenters. The summed E-state index contributed by atoms with van der Waals surface area (Å²) >= 11 is 0. The lowest BCUT2D eigenvalue weighted by Gasteiger charge is -2.37. The standard InChI is InChI=1S/C25H26F3NO5/c1-5-12-24(23(31)34-4)20(16-6-9-19(33-3)10-7-16)14-17-13-18(25(26,27)28)8-11-21(17)29(15-32-2)22(24)30/h5-11,13,20H,1,12,14-15H2,2-4H3. The Morgan fingerprint density at radius 2 is 1.85 bits per heavy atom. The molecule has 1 heterocycles. The number of rotatable bonds is 7. The number of esters is 1. The number of anilines is 1. The predicted octanol–water partition coefficient (Wildman–Crippen LogP) is 4.73. The molecule has 1 amide bonds. The van der Waals surface area contributed by atoms with Gasteiger partial charge in [-0.2, -0.15) is 13.2 Å². The number of nitrogens with zero attached hydrogens (tertiary/aromatic N) is 1. The van der Waals surface area contributed by atoms with Gasteiger partial charge in [0.25, 0.3) is 0 Å². The minimum absolute atomic E-state index is 0.0273. The van der Waals surface area contributed by atoms with Gasteiger partial charge in [-0.05, 0) is 54.3 Å². The van der Waals surface area contributed by atoms with E-state index in [2.05, 4.69) is 6.58 Å². The smallest absolute Gasteiger partial charge is 0.416 e. The maximum absolute atomic E-state index is 14.0. The average Bonchev–Trinajstić information content (AvgIpc) is 2.92. The van der Waals surface area contributed by atoms with E-state index in [-0.39, 0.29) is 30.8 Å². The molecule has 182 valence electrons. The molecule has 0 N–H and O–H groups in total. The molecule has 1 aliphatic heterocycles. The Labute approximate surface area is 195 Å². The van der Waals surface area contributed by atoms with Crippen molar-refractivity contribution >= 4 is 17.6 Å². The first-order chi connectivity index (χ1) is 16.1. The fraction of sp³-hybridized carbons (Fsp3) is 0.360. The second-order valence-corrected chi connectivity index (χ2v) is 7.98. The normalized spacial score (nSPS) is 20.4. The van der Waals surface area contributed by atoms with Gasteiger partial charge in [0.2, 0.25) is 5.91 Å². The summed E-state index contributed by atoms with van der Waals surface area (Å²) in [5, 5.41) is 0. The van der Waals surface area contributed by atoms with Crippen molar-refractivity contribution in [2.45, 2.75) is 24.9 Å².